The first kappa shape index (κ1) is 19.6. The van der Waals surface area contributed by atoms with Gasteiger partial charge in [0.2, 0.25) is 11.8 Å². The van der Waals surface area contributed by atoms with E-state index in [1.807, 2.05) is 66.9 Å². The molecule has 0 unspecified atom stereocenters. The molecule has 0 aliphatic heterocycles. The summed E-state index contributed by atoms with van der Waals surface area (Å²) in [6, 6.07) is 15.5. The standard InChI is InChI=1S/C22H26N4O2/c1-4-16-9-5-6-10-17(16)25-21(27)14-26-19-12-8-7-11-18(19)24-20(26)13-23-22(28)15(2)3/h5-12,15H,4,13-14H2,1-3H3,(H,23,28)(H,25,27). The number of imidazole rings is 1. The average molecular weight is 378 g/mol. The molecule has 2 aromatic carbocycles. The van der Waals surface area contributed by atoms with Gasteiger partial charge in [-0.05, 0) is 30.2 Å². The third kappa shape index (κ3) is 4.39. The number of aromatic nitrogens is 2. The van der Waals surface area contributed by atoms with Gasteiger partial charge in [0, 0.05) is 11.6 Å². The van der Waals surface area contributed by atoms with Gasteiger partial charge in [-0.1, -0.05) is 51.1 Å². The van der Waals surface area contributed by atoms with E-state index in [-0.39, 0.29) is 30.8 Å². The first-order valence-electron chi connectivity index (χ1n) is 9.59. The fourth-order valence-corrected chi connectivity index (χ4v) is 3.09. The monoisotopic (exact) mass is 378 g/mol. The van der Waals surface area contributed by atoms with Crippen LogP contribution in [0.1, 0.15) is 32.2 Å². The van der Waals surface area contributed by atoms with Gasteiger partial charge in [-0.25, -0.2) is 4.98 Å². The summed E-state index contributed by atoms with van der Waals surface area (Å²) in [5.74, 6) is 0.390. The number of aryl methyl sites for hydroxylation is 1. The maximum Gasteiger partial charge on any atom is 0.244 e. The number of carbonyl (C=O) groups is 2. The Morgan fingerprint density at radius 3 is 2.54 bits per heavy atom. The number of hydrogen-bond acceptors (Lipinski definition) is 3. The van der Waals surface area contributed by atoms with Crippen LogP contribution in [0.2, 0.25) is 0 Å². The number of amides is 2. The van der Waals surface area contributed by atoms with Crippen LogP contribution >= 0.6 is 0 Å². The molecular formula is C22H26N4O2. The zero-order valence-corrected chi connectivity index (χ0v) is 16.5. The molecule has 6 heteroatoms. The van der Waals surface area contributed by atoms with Crippen molar-refractivity contribution in [3.63, 3.8) is 0 Å². The number of nitrogens with one attached hydrogen (secondary N) is 2. The van der Waals surface area contributed by atoms with Gasteiger partial charge in [0.1, 0.15) is 12.4 Å². The van der Waals surface area contributed by atoms with Crippen molar-refractivity contribution >= 4 is 28.5 Å². The Balaban J connectivity index is 1.83. The van der Waals surface area contributed by atoms with Crippen molar-refractivity contribution in [2.24, 2.45) is 5.92 Å². The van der Waals surface area contributed by atoms with Crippen molar-refractivity contribution in [3.8, 4) is 0 Å². The van der Waals surface area contributed by atoms with Crippen LogP contribution in [0.3, 0.4) is 0 Å². The Bertz CT molecular complexity index is 991. The maximum atomic E-state index is 12.7. The number of carbonyl (C=O) groups excluding carboxylic acids is 2. The third-order valence-electron chi connectivity index (χ3n) is 4.65. The number of fused-ring (bicyclic) bond motifs is 1. The minimum atomic E-state index is -0.125. The van der Waals surface area contributed by atoms with Crippen molar-refractivity contribution in [2.45, 2.75) is 40.3 Å². The van der Waals surface area contributed by atoms with Crippen molar-refractivity contribution in [3.05, 3.63) is 59.9 Å². The van der Waals surface area contributed by atoms with E-state index in [9.17, 15) is 9.59 Å². The minimum Gasteiger partial charge on any atom is -0.349 e. The van der Waals surface area contributed by atoms with E-state index < -0.39 is 0 Å². The van der Waals surface area contributed by atoms with Crippen LogP contribution in [-0.4, -0.2) is 21.4 Å². The summed E-state index contributed by atoms with van der Waals surface area (Å²) in [5, 5.41) is 5.89. The second-order valence-electron chi connectivity index (χ2n) is 7.03. The molecule has 0 saturated carbocycles. The van der Waals surface area contributed by atoms with Gasteiger partial charge in [-0.15, -0.1) is 0 Å². The Morgan fingerprint density at radius 2 is 1.79 bits per heavy atom. The van der Waals surface area contributed by atoms with Crippen LogP contribution in [0.25, 0.3) is 11.0 Å². The molecule has 2 amide bonds. The fraction of sp³-hybridized carbons (Fsp3) is 0.318. The average Bonchev–Trinajstić information content (AvgIpc) is 3.03. The normalized spacial score (nSPS) is 11.0. The van der Waals surface area contributed by atoms with E-state index in [0.29, 0.717) is 5.82 Å². The lowest BCUT2D eigenvalue weighted by atomic mass is 10.1. The summed E-state index contributed by atoms with van der Waals surface area (Å²) in [6.07, 6.45) is 0.844. The van der Waals surface area contributed by atoms with E-state index in [0.717, 1.165) is 28.7 Å². The Morgan fingerprint density at radius 1 is 1.07 bits per heavy atom. The Labute approximate surface area is 165 Å². The lowest BCUT2D eigenvalue weighted by Gasteiger charge is -2.13. The van der Waals surface area contributed by atoms with E-state index in [4.69, 9.17) is 0 Å². The van der Waals surface area contributed by atoms with Gasteiger partial charge < -0.3 is 15.2 Å². The van der Waals surface area contributed by atoms with Crippen molar-refractivity contribution in [1.29, 1.82) is 0 Å². The first-order valence-corrected chi connectivity index (χ1v) is 9.59. The van der Waals surface area contributed by atoms with Crippen LogP contribution in [0.15, 0.2) is 48.5 Å². The highest BCUT2D eigenvalue weighted by Crippen LogP contribution is 2.18. The molecular weight excluding hydrogens is 352 g/mol. The molecule has 0 saturated heterocycles. The lowest BCUT2D eigenvalue weighted by molar-refractivity contribution is -0.124. The number of para-hydroxylation sites is 3. The van der Waals surface area contributed by atoms with Gasteiger partial charge in [-0.3, -0.25) is 9.59 Å². The molecule has 0 bridgehead atoms. The van der Waals surface area contributed by atoms with Gasteiger partial charge in [0.25, 0.3) is 0 Å². The highest BCUT2D eigenvalue weighted by Gasteiger charge is 2.16. The smallest absolute Gasteiger partial charge is 0.244 e. The molecule has 146 valence electrons. The topological polar surface area (TPSA) is 76.0 Å². The molecule has 3 rings (SSSR count). The predicted molar refractivity (Wildman–Crippen MR) is 111 cm³/mol. The number of benzene rings is 2. The summed E-state index contributed by atoms with van der Waals surface area (Å²) in [4.78, 5) is 29.3. The summed E-state index contributed by atoms with van der Waals surface area (Å²) < 4.78 is 1.86. The molecule has 1 heterocycles. The molecule has 0 fully saturated rings. The van der Waals surface area contributed by atoms with Crippen molar-refractivity contribution < 1.29 is 9.59 Å². The number of hydrogen-bond donors (Lipinski definition) is 2. The molecule has 1 aromatic heterocycles. The minimum absolute atomic E-state index is 0.0417. The van der Waals surface area contributed by atoms with E-state index in [2.05, 4.69) is 22.5 Å². The van der Waals surface area contributed by atoms with Crippen LogP contribution in [0.4, 0.5) is 5.69 Å². The first-order chi connectivity index (χ1) is 13.5. The molecule has 6 nitrogen and oxygen atoms in total. The van der Waals surface area contributed by atoms with Crippen LogP contribution in [-0.2, 0) is 29.1 Å². The molecule has 0 atom stereocenters. The molecule has 0 aliphatic rings. The predicted octanol–water partition coefficient (Wildman–Crippen LogP) is 3.51. The molecule has 28 heavy (non-hydrogen) atoms. The highest BCUT2D eigenvalue weighted by atomic mass is 16.2. The third-order valence-corrected chi connectivity index (χ3v) is 4.65. The van der Waals surface area contributed by atoms with Gasteiger partial charge >= 0.3 is 0 Å². The molecule has 2 N–H and O–H groups in total. The second kappa shape index (κ2) is 8.69. The molecule has 0 spiro atoms. The molecule has 3 aromatic rings. The second-order valence-corrected chi connectivity index (χ2v) is 7.03. The van der Waals surface area contributed by atoms with Gasteiger partial charge in [-0.2, -0.15) is 0 Å². The number of anilines is 1. The van der Waals surface area contributed by atoms with E-state index in [1.54, 1.807) is 0 Å². The Kier molecular flexibility index (Phi) is 6.09. The lowest BCUT2D eigenvalue weighted by Crippen LogP contribution is -2.29. The summed E-state index contributed by atoms with van der Waals surface area (Å²) in [6.45, 7) is 6.16. The fourth-order valence-electron chi connectivity index (χ4n) is 3.09. The van der Waals surface area contributed by atoms with E-state index in [1.165, 1.54) is 0 Å². The maximum absolute atomic E-state index is 12.7. The molecule has 0 aliphatic carbocycles. The SMILES string of the molecule is CCc1ccccc1NC(=O)Cn1c(CNC(=O)C(C)C)nc2ccccc21. The zero-order chi connectivity index (χ0) is 20.1. The molecule has 0 radical (unpaired) electrons. The van der Waals surface area contributed by atoms with Crippen LogP contribution in [0, 0.1) is 5.92 Å². The quantitative estimate of drug-likeness (QED) is 0.661. The van der Waals surface area contributed by atoms with E-state index >= 15 is 0 Å². The van der Waals surface area contributed by atoms with Crippen molar-refractivity contribution in [2.75, 3.05) is 5.32 Å². The highest BCUT2D eigenvalue weighted by molar-refractivity contribution is 5.92. The summed E-state index contributed by atoms with van der Waals surface area (Å²) in [7, 11) is 0. The largest absolute Gasteiger partial charge is 0.349 e. The van der Waals surface area contributed by atoms with Crippen LogP contribution in [0.5, 0.6) is 0 Å². The summed E-state index contributed by atoms with van der Waals surface area (Å²) >= 11 is 0. The number of nitrogens with zero attached hydrogens (tertiary/aromatic N) is 2. The number of rotatable bonds is 7. The Hall–Kier alpha value is -3.15. The zero-order valence-electron chi connectivity index (χ0n) is 16.5. The summed E-state index contributed by atoms with van der Waals surface area (Å²) in [5.41, 5.74) is 3.60. The van der Waals surface area contributed by atoms with Gasteiger partial charge in [0.05, 0.1) is 17.6 Å². The van der Waals surface area contributed by atoms with Crippen LogP contribution < -0.4 is 10.6 Å². The van der Waals surface area contributed by atoms with Crippen molar-refractivity contribution in [1.82, 2.24) is 14.9 Å². The van der Waals surface area contributed by atoms with Gasteiger partial charge in [0.15, 0.2) is 0 Å².